The number of unbranched alkanes of at least 4 members (excludes halogenated alkanes) is 20. The van der Waals surface area contributed by atoms with Crippen molar-refractivity contribution in [2.75, 3.05) is 27.4 Å². The summed E-state index contributed by atoms with van der Waals surface area (Å²) in [6, 6.07) is 49.1. The highest BCUT2D eigenvalue weighted by molar-refractivity contribution is 7.25. The van der Waals surface area contributed by atoms with Crippen LogP contribution in [0.15, 0.2) is 133 Å². The average molecular weight is 1330 g/mol. The molecule has 6 aromatic heterocycles. The smallest absolute Gasteiger partial charge is 0.348 e. The summed E-state index contributed by atoms with van der Waals surface area (Å²) in [5.41, 5.74) is 12.1. The first-order valence-corrected chi connectivity index (χ1v) is 38.6. The third-order valence-electron chi connectivity index (χ3n) is 18.7. The quantitative estimate of drug-likeness (QED) is 0.0283. The van der Waals surface area contributed by atoms with Crippen molar-refractivity contribution >= 4 is 101 Å². The predicted octanol–water partition coefficient (Wildman–Crippen LogP) is 25.9. The lowest BCUT2D eigenvalue weighted by Gasteiger charge is -2.19. The van der Waals surface area contributed by atoms with Crippen LogP contribution in [0.5, 0.6) is 11.5 Å². The molecule has 0 fully saturated rings. The molecule has 12 heteroatoms. The molecule has 11 rings (SSSR count). The number of carbonyl (C=O) groups excluding carboxylic acids is 2. The van der Waals surface area contributed by atoms with Crippen LogP contribution in [0.4, 0.5) is 0 Å². The highest BCUT2D eigenvalue weighted by atomic mass is 32.1. The molecule has 0 saturated carbocycles. The number of ether oxygens (including phenoxy) is 4. The zero-order valence-corrected chi connectivity index (χ0v) is 59.7. The largest absolute Gasteiger partial charge is 0.497 e. The Morgan fingerprint density at radius 1 is 0.340 bits per heavy atom. The van der Waals surface area contributed by atoms with Crippen molar-refractivity contribution in [2.45, 2.75) is 195 Å². The number of benzene rings is 5. The standard InChI is InChI=1S/C82H96N2O6S4/c1-7-11-15-17-19-21-23-25-27-29-51-83-65-41-35-59(67-43-45-69(91-67)71-47-49-73(93-71)81(85)89-53-13-9-3)55-63(65)77-76(58-33-39-62(88-6)40-34-58)80-78(75(79(77)83)57-31-37-61(87-5)38-32-57)64-56-60(36-42-66(64)84(80)52-30-28-26-24-22-20-18-16-12-8-2)68-44-46-70(92-68)72-48-50-74(94-72)82(86)90-54-14-10-4/h31-50,55-56H,7-30,51-54H2,1-6H3. The Labute approximate surface area is 574 Å². The lowest BCUT2D eigenvalue weighted by molar-refractivity contribution is 0.0496. The van der Waals surface area contributed by atoms with Gasteiger partial charge in [0.2, 0.25) is 0 Å². The first-order chi connectivity index (χ1) is 46.2. The Morgan fingerprint density at radius 3 is 1.02 bits per heavy atom. The Morgan fingerprint density at radius 2 is 0.660 bits per heavy atom. The molecule has 0 radical (unpaired) electrons. The molecule has 0 aliphatic rings. The Kier molecular flexibility index (Phi) is 24.8. The molecule has 0 spiro atoms. The van der Waals surface area contributed by atoms with E-state index in [4.69, 9.17) is 18.9 Å². The highest BCUT2D eigenvalue weighted by Gasteiger charge is 2.29. The zero-order valence-electron chi connectivity index (χ0n) is 56.5. The molecule has 0 saturated heterocycles. The summed E-state index contributed by atoms with van der Waals surface area (Å²) in [5.74, 6) is 1.16. The number of thiophene rings is 4. The first-order valence-electron chi connectivity index (χ1n) is 35.4. The summed E-state index contributed by atoms with van der Waals surface area (Å²) in [7, 11) is 3.52. The Hall–Kier alpha value is -6.96. The summed E-state index contributed by atoms with van der Waals surface area (Å²) in [6.07, 6.45) is 29.0. The summed E-state index contributed by atoms with van der Waals surface area (Å²) in [6.45, 7) is 11.4. The molecule has 0 aliphatic carbocycles. The van der Waals surface area contributed by atoms with Crippen LogP contribution in [-0.2, 0) is 22.6 Å². The Bertz CT molecular complexity index is 3970. The maximum absolute atomic E-state index is 13.1. The summed E-state index contributed by atoms with van der Waals surface area (Å²) >= 11 is 6.58. The molecule has 6 heterocycles. The fourth-order valence-corrected chi connectivity index (χ4v) is 17.5. The zero-order chi connectivity index (χ0) is 65.2. The van der Waals surface area contributed by atoms with Gasteiger partial charge in [0.1, 0.15) is 21.3 Å². The number of aryl methyl sites for hydroxylation is 2. The molecule has 0 atom stereocenters. The van der Waals surface area contributed by atoms with Gasteiger partial charge >= 0.3 is 11.9 Å². The van der Waals surface area contributed by atoms with Crippen LogP contribution in [-0.4, -0.2) is 48.5 Å². The number of hydrogen-bond acceptors (Lipinski definition) is 10. The highest BCUT2D eigenvalue weighted by Crippen LogP contribution is 2.53. The van der Waals surface area contributed by atoms with Crippen LogP contribution in [0.2, 0.25) is 0 Å². The van der Waals surface area contributed by atoms with Crippen molar-refractivity contribution in [2.24, 2.45) is 0 Å². The van der Waals surface area contributed by atoms with Gasteiger partial charge in [-0.05, 0) is 145 Å². The normalized spacial score (nSPS) is 11.7. The minimum atomic E-state index is -0.246. The minimum Gasteiger partial charge on any atom is -0.497 e. The minimum absolute atomic E-state index is 0.246. The fourth-order valence-electron chi connectivity index (χ4n) is 13.5. The van der Waals surface area contributed by atoms with Gasteiger partial charge in [-0.2, -0.15) is 0 Å². The third kappa shape index (κ3) is 16.1. The van der Waals surface area contributed by atoms with Crippen LogP contribution in [0, 0.1) is 0 Å². The second-order valence-corrected chi connectivity index (χ2v) is 29.8. The average Bonchev–Trinajstić information content (AvgIpc) is 1.51. The van der Waals surface area contributed by atoms with Crippen molar-refractivity contribution in [1.82, 2.24) is 9.13 Å². The molecule has 0 unspecified atom stereocenters. The molecule has 11 aromatic rings. The second-order valence-electron chi connectivity index (χ2n) is 25.4. The van der Waals surface area contributed by atoms with Gasteiger partial charge in [0.05, 0.1) is 38.5 Å². The fraction of sp³-hybridized carbons (Fsp3) is 0.415. The van der Waals surface area contributed by atoms with E-state index in [1.807, 2.05) is 12.1 Å². The van der Waals surface area contributed by atoms with Gasteiger partial charge in [0, 0.05) is 86.1 Å². The molecule has 0 amide bonds. The number of aromatic nitrogens is 2. The molecular weight excluding hydrogens is 1240 g/mol. The molecule has 0 N–H and O–H groups in total. The van der Waals surface area contributed by atoms with E-state index in [1.54, 1.807) is 36.9 Å². The number of esters is 2. The van der Waals surface area contributed by atoms with Gasteiger partial charge < -0.3 is 28.1 Å². The van der Waals surface area contributed by atoms with E-state index in [0.717, 1.165) is 93.7 Å². The first kappa shape index (κ1) is 68.4. The van der Waals surface area contributed by atoms with Gasteiger partial charge in [-0.25, -0.2) is 9.59 Å². The van der Waals surface area contributed by atoms with Crippen LogP contribution < -0.4 is 9.47 Å². The van der Waals surface area contributed by atoms with E-state index in [0.29, 0.717) is 23.0 Å². The van der Waals surface area contributed by atoms with Crippen molar-refractivity contribution in [3.05, 3.63) is 143 Å². The van der Waals surface area contributed by atoms with E-state index in [2.05, 4.69) is 158 Å². The maximum atomic E-state index is 13.1. The number of fused-ring (bicyclic) bond motifs is 6. The second kappa shape index (κ2) is 34.1. The molecule has 494 valence electrons. The molecule has 0 aliphatic heterocycles. The van der Waals surface area contributed by atoms with Crippen molar-refractivity contribution in [1.29, 1.82) is 0 Å². The summed E-state index contributed by atoms with van der Waals surface area (Å²) in [4.78, 5) is 34.3. The number of carbonyl (C=O) groups is 2. The summed E-state index contributed by atoms with van der Waals surface area (Å²) in [5, 5.41) is 4.99. The van der Waals surface area contributed by atoms with Crippen LogP contribution in [0.3, 0.4) is 0 Å². The molecular formula is C82H96N2O6S4. The van der Waals surface area contributed by atoms with E-state index >= 15 is 0 Å². The van der Waals surface area contributed by atoms with Crippen molar-refractivity contribution < 1.29 is 28.5 Å². The van der Waals surface area contributed by atoms with Gasteiger partial charge in [-0.3, -0.25) is 0 Å². The van der Waals surface area contributed by atoms with Crippen LogP contribution in [0.1, 0.15) is 201 Å². The number of hydrogen-bond donors (Lipinski definition) is 0. The van der Waals surface area contributed by atoms with E-state index in [9.17, 15) is 9.59 Å². The third-order valence-corrected chi connectivity index (χ3v) is 23.5. The summed E-state index contributed by atoms with van der Waals surface area (Å²) < 4.78 is 28.5. The molecule has 0 bridgehead atoms. The maximum Gasteiger partial charge on any atom is 0.348 e. The number of nitrogens with zero attached hydrogens (tertiary/aromatic N) is 2. The predicted molar refractivity (Wildman–Crippen MR) is 404 cm³/mol. The van der Waals surface area contributed by atoms with Crippen LogP contribution in [0.25, 0.3) is 106 Å². The van der Waals surface area contributed by atoms with E-state index in [-0.39, 0.29) is 11.9 Å². The number of methoxy groups -OCH3 is 2. The molecule has 5 aromatic carbocycles. The van der Waals surface area contributed by atoms with Gasteiger partial charge in [-0.1, -0.05) is 193 Å². The Balaban J connectivity index is 1.12. The SMILES string of the molecule is CCCCCCCCCCCCn1c2ccc(-c3ccc(-c4ccc(C(=O)OCCCC)s4)s3)cc2c2c(-c3ccc(OC)cc3)c3c(c(-c4ccc(OC)cc4)c21)c1cc(-c2ccc(-c4ccc(C(=O)OCCCC)s4)s2)ccc1n3CCCCCCCCCCCC. The van der Waals surface area contributed by atoms with Gasteiger partial charge in [0.25, 0.3) is 0 Å². The van der Waals surface area contributed by atoms with E-state index < -0.39 is 0 Å². The number of rotatable bonds is 38. The molecule has 8 nitrogen and oxygen atoms in total. The lowest BCUT2D eigenvalue weighted by atomic mass is 9.89. The van der Waals surface area contributed by atoms with Gasteiger partial charge in [-0.15, -0.1) is 45.3 Å². The topological polar surface area (TPSA) is 80.9 Å². The monoisotopic (exact) mass is 1330 g/mol. The lowest BCUT2D eigenvalue weighted by Crippen LogP contribution is -2.03. The molecule has 94 heavy (non-hydrogen) atoms. The van der Waals surface area contributed by atoms with Gasteiger partial charge in [0.15, 0.2) is 0 Å². The van der Waals surface area contributed by atoms with Crippen LogP contribution >= 0.6 is 45.3 Å². The van der Waals surface area contributed by atoms with E-state index in [1.165, 1.54) is 214 Å². The van der Waals surface area contributed by atoms with Crippen molar-refractivity contribution in [3.63, 3.8) is 0 Å². The van der Waals surface area contributed by atoms with Crippen molar-refractivity contribution in [3.8, 4) is 74.1 Å².